The minimum absolute atomic E-state index is 0.105. The molecule has 2 aliphatic carbocycles. The van der Waals surface area contributed by atoms with Crippen molar-refractivity contribution in [2.24, 2.45) is 23.7 Å². The van der Waals surface area contributed by atoms with Gasteiger partial charge in [0.15, 0.2) is 23.3 Å². The molecule has 2 unspecified atom stereocenters. The van der Waals surface area contributed by atoms with E-state index in [1.54, 1.807) is 12.1 Å². The van der Waals surface area contributed by atoms with Crippen molar-refractivity contribution in [1.29, 1.82) is 0 Å². The number of hydrogen-bond donors (Lipinski definition) is 0. The van der Waals surface area contributed by atoms with E-state index in [2.05, 4.69) is 38.1 Å². The van der Waals surface area contributed by atoms with Crippen molar-refractivity contribution in [3.63, 3.8) is 0 Å². The van der Waals surface area contributed by atoms with Gasteiger partial charge < -0.3 is 4.74 Å². The third-order valence-electron chi connectivity index (χ3n) is 10.3. The van der Waals surface area contributed by atoms with Crippen molar-refractivity contribution in [2.45, 2.75) is 77.4 Å². The third kappa shape index (κ3) is 7.35. The van der Waals surface area contributed by atoms with Crippen LogP contribution >= 0.6 is 0 Å². The highest BCUT2D eigenvalue weighted by atomic mass is 19.2. The molecule has 236 valence electrons. The van der Waals surface area contributed by atoms with E-state index in [-0.39, 0.29) is 12.2 Å². The molecule has 4 aromatic carbocycles. The van der Waals surface area contributed by atoms with Crippen molar-refractivity contribution in [2.75, 3.05) is 0 Å². The molecule has 2 aliphatic rings. The van der Waals surface area contributed by atoms with Gasteiger partial charge in [-0.1, -0.05) is 100 Å². The highest BCUT2D eigenvalue weighted by Gasteiger charge is 2.35. The standard InChI is InChI=1S/C40H42F4O/c1-25-3-7-29(8-4-25)39(31-15-11-27(12-16-31)33-19-21-35(41)37(43)23-33)45-40(30-9-5-26(2)6-10-30)32-17-13-28(14-18-32)34-20-22-36(42)38(44)24-34/h11-26,29-30,39-40H,3-10H2,1-2H3/t25-,26-,29-,30-,39?,40?. The molecule has 0 saturated heterocycles. The van der Waals surface area contributed by atoms with E-state index in [9.17, 15) is 17.6 Å². The molecule has 0 bridgehead atoms. The highest BCUT2D eigenvalue weighted by Crippen LogP contribution is 2.46. The van der Waals surface area contributed by atoms with Crippen LogP contribution in [0.5, 0.6) is 0 Å². The van der Waals surface area contributed by atoms with Crippen LogP contribution in [0.3, 0.4) is 0 Å². The van der Waals surface area contributed by atoms with Gasteiger partial charge in [0.05, 0.1) is 12.2 Å². The molecule has 0 heterocycles. The molecule has 5 heteroatoms. The summed E-state index contributed by atoms with van der Waals surface area (Å²) >= 11 is 0. The van der Waals surface area contributed by atoms with Crippen molar-refractivity contribution < 1.29 is 22.3 Å². The minimum Gasteiger partial charge on any atom is -0.365 e. The second-order valence-electron chi connectivity index (χ2n) is 13.5. The van der Waals surface area contributed by atoms with Crippen LogP contribution < -0.4 is 0 Å². The lowest BCUT2D eigenvalue weighted by Crippen LogP contribution is -2.27. The Kier molecular flexibility index (Phi) is 9.75. The fraction of sp³-hybridized carbons (Fsp3) is 0.400. The van der Waals surface area contributed by atoms with Gasteiger partial charge >= 0.3 is 0 Å². The minimum atomic E-state index is -0.852. The van der Waals surface area contributed by atoms with E-state index in [1.807, 2.05) is 24.3 Å². The van der Waals surface area contributed by atoms with E-state index < -0.39 is 23.3 Å². The summed E-state index contributed by atoms with van der Waals surface area (Å²) < 4.78 is 62.4. The van der Waals surface area contributed by atoms with Crippen LogP contribution in [-0.4, -0.2) is 0 Å². The van der Waals surface area contributed by atoms with Crippen molar-refractivity contribution in [3.8, 4) is 22.3 Å². The SMILES string of the molecule is C[C@H]1CC[C@H](C(OC(c2ccc(-c3ccc(F)c(F)c3)cc2)[C@H]2CC[C@H](C)CC2)c2ccc(-c3ccc(F)c(F)c3)cc2)CC1. The molecule has 0 N–H and O–H groups in total. The maximum absolute atomic E-state index is 14.0. The number of benzene rings is 4. The molecular formula is C40H42F4O. The molecule has 2 atom stereocenters. The summed E-state index contributed by atoms with van der Waals surface area (Å²) in [5.41, 5.74) is 5.15. The van der Waals surface area contributed by atoms with E-state index in [0.717, 1.165) is 47.9 Å². The normalized spacial score (nSPS) is 23.4. The van der Waals surface area contributed by atoms with Crippen LogP contribution in [0.15, 0.2) is 84.9 Å². The number of rotatable bonds is 8. The molecule has 4 aromatic rings. The molecule has 2 saturated carbocycles. The first kappa shape index (κ1) is 31.5. The Labute approximate surface area is 264 Å². The van der Waals surface area contributed by atoms with E-state index >= 15 is 0 Å². The first-order valence-electron chi connectivity index (χ1n) is 16.5. The molecule has 0 aliphatic heterocycles. The molecule has 0 radical (unpaired) electrons. The van der Waals surface area contributed by atoms with Crippen molar-refractivity contribution >= 4 is 0 Å². The quantitative estimate of drug-likeness (QED) is 0.179. The van der Waals surface area contributed by atoms with Crippen LogP contribution in [0.1, 0.15) is 88.5 Å². The number of halogens is 4. The first-order valence-corrected chi connectivity index (χ1v) is 16.5. The Hall–Kier alpha value is -3.44. The molecule has 0 amide bonds. The van der Waals surface area contributed by atoms with Gasteiger partial charge in [0.25, 0.3) is 0 Å². The topological polar surface area (TPSA) is 9.23 Å². The summed E-state index contributed by atoms with van der Waals surface area (Å²) in [6, 6.07) is 24.3. The van der Waals surface area contributed by atoms with E-state index in [4.69, 9.17) is 4.74 Å². The smallest absolute Gasteiger partial charge is 0.159 e. The number of ether oxygens (including phenoxy) is 1. The van der Waals surface area contributed by atoms with Gasteiger partial charge in [0.2, 0.25) is 0 Å². The average molecular weight is 615 g/mol. The maximum atomic E-state index is 14.0. The van der Waals surface area contributed by atoms with Gasteiger partial charge in [-0.2, -0.15) is 0 Å². The molecule has 45 heavy (non-hydrogen) atoms. The summed E-state index contributed by atoms with van der Waals surface area (Å²) in [5.74, 6) is -1.24. The summed E-state index contributed by atoms with van der Waals surface area (Å²) in [6.07, 6.45) is 8.87. The van der Waals surface area contributed by atoms with Crippen LogP contribution in [0.2, 0.25) is 0 Å². The highest BCUT2D eigenvalue weighted by molar-refractivity contribution is 5.64. The molecular weight excluding hydrogens is 572 g/mol. The van der Waals surface area contributed by atoms with Gasteiger partial charge in [0, 0.05) is 0 Å². The number of hydrogen-bond acceptors (Lipinski definition) is 1. The molecule has 0 spiro atoms. The lowest BCUT2D eigenvalue weighted by molar-refractivity contribution is -0.0898. The zero-order chi connectivity index (χ0) is 31.5. The van der Waals surface area contributed by atoms with Crippen molar-refractivity contribution in [1.82, 2.24) is 0 Å². The Balaban J connectivity index is 1.32. The summed E-state index contributed by atoms with van der Waals surface area (Å²) in [4.78, 5) is 0. The Bertz CT molecular complexity index is 1450. The fourth-order valence-corrected chi connectivity index (χ4v) is 7.34. The Morgan fingerprint density at radius 1 is 0.444 bits per heavy atom. The van der Waals surface area contributed by atoms with Gasteiger partial charge in [-0.15, -0.1) is 0 Å². The van der Waals surface area contributed by atoms with Crippen LogP contribution in [-0.2, 0) is 4.74 Å². The van der Waals surface area contributed by atoms with E-state index in [1.165, 1.54) is 49.9 Å². The maximum Gasteiger partial charge on any atom is 0.159 e. The lowest BCUT2D eigenvalue weighted by atomic mass is 9.76. The van der Waals surface area contributed by atoms with Gasteiger partial charge in [0.1, 0.15) is 0 Å². The predicted octanol–water partition coefficient (Wildman–Crippen LogP) is 12.0. The van der Waals surface area contributed by atoms with Gasteiger partial charge in [-0.3, -0.25) is 0 Å². The van der Waals surface area contributed by atoms with Crippen LogP contribution in [0.4, 0.5) is 17.6 Å². The largest absolute Gasteiger partial charge is 0.365 e. The second kappa shape index (κ2) is 13.9. The predicted molar refractivity (Wildman–Crippen MR) is 172 cm³/mol. The van der Waals surface area contributed by atoms with Crippen molar-refractivity contribution in [3.05, 3.63) is 119 Å². The van der Waals surface area contributed by atoms with E-state index in [0.29, 0.717) is 34.8 Å². The first-order chi connectivity index (χ1) is 21.7. The lowest BCUT2D eigenvalue weighted by Gasteiger charge is -2.39. The second-order valence-corrected chi connectivity index (χ2v) is 13.5. The van der Waals surface area contributed by atoms with Gasteiger partial charge in [-0.25, -0.2) is 17.6 Å². The fourth-order valence-electron chi connectivity index (χ4n) is 7.34. The monoisotopic (exact) mass is 614 g/mol. The molecule has 2 fully saturated rings. The zero-order valence-corrected chi connectivity index (χ0v) is 26.1. The third-order valence-corrected chi connectivity index (χ3v) is 10.3. The van der Waals surface area contributed by atoms with Crippen LogP contribution in [0.25, 0.3) is 22.3 Å². The summed E-state index contributed by atoms with van der Waals surface area (Å²) in [7, 11) is 0. The summed E-state index contributed by atoms with van der Waals surface area (Å²) in [5, 5.41) is 0. The molecule has 0 aromatic heterocycles. The molecule has 1 nitrogen and oxygen atoms in total. The summed E-state index contributed by atoms with van der Waals surface area (Å²) in [6.45, 7) is 4.65. The Morgan fingerprint density at radius 2 is 0.778 bits per heavy atom. The zero-order valence-electron chi connectivity index (χ0n) is 26.1. The van der Waals surface area contributed by atoms with Crippen LogP contribution in [0, 0.1) is 46.9 Å². The average Bonchev–Trinajstić information content (AvgIpc) is 3.06. The van der Waals surface area contributed by atoms with Gasteiger partial charge in [-0.05, 0) is 107 Å². The molecule has 6 rings (SSSR count). The Morgan fingerprint density at radius 3 is 1.11 bits per heavy atom.